The molecule has 1 atom stereocenters. The molecule has 1 aliphatic rings. The molecular formula is C15H17BrOS2. The van der Waals surface area contributed by atoms with Crippen molar-refractivity contribution in [3.05, 3.63) is 42.2 Å². The minimum atomic E-state index is -0.345. The summed E-state index contributed by atoms with van der Waals surface area (Å²) in [6.07, 6.45) is 6.75. The van der Waals surface area contributed by atoms with Crippen LogP contribution in [0, 0.1) is 0 Å². The number of thiophene rings is 2. The Morgan fingerprint density at radius 1 is 1.21 bits per heavy atom. The Morgan fingerprint density at radius 2 is 2.05 bits per heavy atom. The minimum absolute atomic E-state index is 0.345. The summed E-state index contributed by atoms with van der Waals surface area (Å²) in [4.78, 5) is 3.90. The molecule has 0 amide bonds. The lowest BCUT2D eigenvalue weighted by Gasteiger charge is -2.06. The van der Waals surface area contributed by atoms with Crippen molar-refractivity contribution in [1.82, 2.24) is 0 Å². The quantitative estimate of drug-likeness (QED) is 0.756. The third-order valence-electron chi connectivity index (χ3n) is 3.61. The van der Waals surface area contributed by atoms with Gasteiger partial charge in [0.2, 0.25) is 0 Å². The van der Waals surface area contributed by atoms with Crippen molar-refractivity contribution in [1.29, 1.82) is 0 Å². The van der Waals surface area contributed by atoms with E-state index in [-0.39, 0.29) is 6.10 Å². The molecule has 0 aliphatic heterocycles. The highest BCUT2D eigenvalue weighted by atomic mass is 79.9. The van der Waals surface area contributed by atoms with Gasteiger partial charge in [0.15, 0.2) is 0 Å². The summed E-state index contributed by atoms with van der Waals surface area (Å²) >= 11 is 7.00. The molecule has 0 saturated heterocycles. The van der Waals surface area contributed by atoms with Crippen LogP contribution in [-0.4, -0.2) is 5.11 Å². The molecule has 2 heterocycles. The number of fused-ring (bicyclic) bond motifs is 1. The van der Waals surface area contributed by atoms with Gasteiger partial charge >= 0.3 is 0 Å². The Labute approximate surface area is 130 Å². The summed E-state index contributed by atoms with van der Waals surface area (Å²) in [5.74, 6) is 0. The van der Waals surface area contributed by atoms with Crippen LogP contribution >= 0.6 is 38.6 Å². The maximum absolute atomic E-state index is 10.4. The normalized spacial score (nSPS) is 16.9. The first-order chi connectivity index (χ1) is 9.22. The predicted molar refractivity (Wildman–Crippen MR) is 86.3 cm³/mol. The van der Waals surface area contributed by atoms with Gasteiger partial charge in [-0.05, 0) is 59.3 Å². The second-order valence-electron chi connectivity index (χ2n) is 5.11. The Balaban J connectivity index is 1.74. The van der Waals surface area contributed by atoms with E-state index >= 15 is 0 Å². The van der Waals surface area contributed by atoms with Gasteiger partial charge in [0.25, 0.3) is 0 Å². The standard InChI is InChI=1S/C15H17BrOS2/c16-11-7-12(18-9-11)8-13(17)15-6-10-4-2-1-3-5-14(10)19-15/h6-7,9,13,17H,1-5,8H2. The molecular weight excluding hydrogens is 340 g/mol. The smallest absolute Gasteiger partial charge is 0.0930 e. The molecule has 1 N–H and O–H groups in total. The van der Waals surface area contributed by atoms with E-state index in [4.69, 9.17) is 0 Å². The van der Waals surface area contributed by atoms with Gasteiger partial charge in [-0.3, -0.25) is 0 Å². The van der Waals surface area contributed by atoms with E-state index in [1.165, 1.54) is 47.4 Å². The van der Waals surface area contributed by atoms with E-state index in [0.29, 0.717) is 0 Å². The molecule has 1 unspecified atom stereocenters. The van der Waals surface area contributed by atoms with Gasteiger partial charge in [0, 0.05) is 30.9 Å². The van der Waals surface area contributed by atoms with E-state index in [2.05, 4.69) is 33.4 Å². The summed E-state index contributed by atoms with van der Waals surface area (Å²) in [5, 5.41) is 12.5. The molecule has 2 aromatic rings. The first kappa shape index (κ1) is 13.8. The predicted octanol–water partition coefficient (Wildman–Crippen LogP) is 5.12. The Kier molecular flexibility index (Phi) is 4.42. The monoisotopic (exact) mass is 356 g/mol. The van der Waals surface area contributed by atoms with Crippen molar-refractivity contribution in [3.8, 4) is 0 Å². The van der Waals surface area contributed by atoms with Crippen LogP contribution in [0.25, 0.3) is 0 Å². The van der Waals surface area contributed by atoms with Crippen molar-refractivity contribution >= 4 is 38.6 Å². The molecule has 0 aromatic carbocycles. The number of aliphatic hydroxyl groups is 1. The van der Waals surface area contributed by atoms with E-state index in [1.54, 1.807) is 11.3 Å². The summed E-state index contributed by atoms with van der Waals surface area (Å²) in [5.41, 5.74) is 1.49. The number of aryl methyl sites for hydroxylation is 2. The maximum atomic E-state index is 10.4. The van der Waals surface area contributed by atoms with Crippen LogP contribution in [0.2, 0.25) is 0 Å². The average molecular weight is 357 g/mol. The van der Waals surface area contributed by atoms with Crippen molar-refractivity contribution in [2.45, 2.75) is 44.6 Å². The summed E-state index contributed by atoms with van der Waals surface area (Å²) < 4.78 is 1.11. The van der Waals surface area contributed by atoms with Gasteiger partial charge < -0.3 is 5.11 Å². The van der Waals surface area contributed by atoms with E-state index in [0.717, 1.165) is 15.8 Å². The number of hydrogen-bond acceptors (Lipinski definition) is 3. The van der Waals surface area contributed by atoms with Crippen LogP contribution < -0.4 is 0 Å². The zero-order chi connectivity index (χ0) is 13.2. The lowest BCUT2D eigenvalue weighted by Crippen LogP contribution is -1.97. The fourth-order valence-electron chi connectivity index (χ4n) is 2.61. The Hall–Kier alpha value is -0.160. The molecule has 0 saturated carbocycles. The summed E-state index contributed by atoms with van der Waals surface area (Å²) in [7, 11) is 0. The van der Waals surface area contributed by atoms with Gasteiger partial charge in [-0.1, -0.05) is 6.42 Å². The molecule has 1 aliphatic carbocycles. The molecule has 102 valence electrons. The van der Waals surface area contributed by atoms with Crippen LogP contribution in [0.1, 0.15) is 45.6 Å². The van der Waals surface area contributed by atoms with E-state index in [1.807, 2.05) is 11.3 Å². The van der Waals surface area contributed by atoms with Gasteiger partial charge in [0.1, 0.15) is 0 Å². The largest absolute Gasteiger partial charge is 0.387 e. The lowest BCUT2D eigenvalue weighted by atomic mass is 10.1. The third kappa shape index (κ3) is 3.30. The van der Waals surface area contributed by atoms with Crippen LogP contribution in [0.5, 0.6) is 0 Å². The molecule has 3 rings (SSSR count). The van der Waals surface area contributed by atoms with Crippen molar-refractivity contribution < 1.29 is 5.11 Å². The lowest BCUT2D eigenvalue weighted by molar-refractivity contribution is 0.183. The third-order valence-corrected chi connectivity index (χ3v) is 6.67. The van der Waals surface area contributed by atoms with E-state index in [9.17, 15) is 5.11 Å². The van der Waals surface area contributed by atoms with Crippen LogP contribution in [0.15, 0.2) is 22.0 Å². The van der Waals surface area contributed by atoms with E-state index < -0.39 is 0 Å². The highest BCUT2D eigenvalue weighted by Gasteiger charge is 2.17. The molecule has 4 heteroatoms. The molecule has 0 spiro atoms. The highest BCUT2D eigenvalue weighted by molar-refractivity contribution is 9.10. The van der Waals surface area contributed by atoms with Gasteiger partial charge in [0.05, 0.1) is 6.10 Å². The number of rotatable bonds is 3. The second kappa shape index (κ2) is 6.08. The van der Waals surface area contributed by atoms with Crippen molar-refractivity contribution in [2.24, 2.45) is 0 Å². The van der Waals surface area contributed by atoms with Gasteiger partial charge in [-0.25, -0.2) is 0 Å². The zero-order valence-corrected chi connectivity index (χ0v) is 13.9. The number of aliphatic hydroxyl groups excluding tert-OH is 1. The molecule has 1 nitrogen and oxygen atoms in total. The fourth-order valence-corrected chi connectivity index (χ4v) is 5.34. The zero-order valence-electron chi connectivity index (χ0n) is 10.7. The highest BCUT2D eigenvalue weighted by Crippen LogP contribution is 2.34. The summed E-state index contributed by atoms with van der Waals surface area (Å²) in [6, 6.07) is 4.35. The first-order valence-corrected chi connectivity index (χ1v) is 9.24. The minimum Gasteiger partial charge on any atom is -0.387 e. The van der Waals surface area contributed by atoms with Gasteiger partial charge in [-0.15, -0.1) is 22.7 Å². The first-order valence-electron chi connectivity index (χ1n) is 6.75. The second-order valence-corrected chi connectivity index (χ2v) is 8.19. The van der Waals surface area contributed by atoms with Crippen LogP contribution in [0.3, 0.4) is 0 Å². The summed E-state index contributed by atoms with van der Waals surface area (Å²) in [6.45, 7) is 0. The number of halogens is 1. The molecule has 19 heavy (non-hydrogen) atoms. The fraction of sp³-hybridized carbons (Fsp3) is 0.467. The molecule has 0 radical (unpaired) electrons. The average Bonchev–Trinajstić information content (AvgIpc) is 2.91. The van der Waals surface area contributed by atoms with Crippen LogP contribution in [0.4, 0.5) is 0 Å². The maximum Gasteiger partial charge on any atom is 0.0930 e. The molecule has 0 bridgehead atoms. The Bertz CT molecular complexity index is 535. The molecule has 0 fully saturated rings. The topological polar surface area (TPSA) is 20.2 Å². The molecule has 2 aromatic heterocycles. The van der Waals surface area contributed by atoms with Crippen LogP contribution in [-0.2, 0) is 19.3 Å². The van der Waals surface area contributed by atoms with Gasteiger partial charge in [-0.2, -0.15) is 0 Å². The SMILES string of the molecule is OC(Cc1cc(Br)cs1)c1cc2c(s1)CCCCC2. The Morgan fingerprint density at radius 3 is 2.84 bits per heavy atom. The number of hydrogen-bond donors (Lipinski definition) is 1. The van der Waals surface area contributed by atoms with Crippen molar-refractivity contribution in [2.75, 3.05) is 0 Å². The van der Waals surface area contributed by atoms with Crippen molar-refractivity contribution in [3.63, 3.8) is 0 Å².